The Bertz CT molecular complexity index is 438. The summed E-state index contributed by atoms with van der Waals surface area (Å²) >= 11 is 0. The number of nitrogens with zero attached hydrogens (tertiary/aromatic N) is 1. The predicted molar refractivity (Wildman–Crippen MR) is 81.7 cm³/mol. The molecule has 1 amide bonds. The summed E-state index contributed by atoms with van der Waals surface area (Å²) < 4.78 is 5.29. The van der Waals surface area contributed by atoms with Gasteiger partial charge in [0.15, 0.2) is 0 Å². The summed E-state index contributed by atoms with van der Waals surface area (Å²) in [6, 6.07) is 8.39. The Morgan fingerprint density at radius 1 is 1.35 bits per heavy atom. The van der Waals surface area contributed by atoms with Crippen LogP contribution in [-0.4, -0.2) is 36.7 Å². The lowest BCUT2D eigenvalue weighted by Crippen LogP contribution is -2.37. The summed E-state index contributed by atoms with van der Waals surface area (Å²) in [7, 11) is 1.75. The van der Waals surface area contributed by atoms with Gasteiger partial charge < -0.3 is 15.0 Å². The second-order valence-corrected chi connectivity index (χ2v) is 6.07. The molecular weight excluding hydrogens is 252 g/mol. The molecule has 4 heteroatoms. The number of nitrogens with one attached hydrogen (secondary N) is 1. The number of amides is 1. The average molecular weight is 278 g/mol. The molecule has 0 saturated heterocycles. The third-order valence-electron chi connectivity index (χ3n) is 2.74. The number of benzene rings is 1. The number of hydrogen-bond acceptors (Lipinski definition) is 3. The second kappa shape index (κ2) is 7.29. The van der Waals surface area contributed by atoms with Gasteiger partial charge in [-0.3, -0.25) is 0 Å². The molecule has 0 fully saturated rings. The van der Waals surface area contributed by atoms with Gasteiger partial charge in [0.1, 0.15) is 5.60 Å². The standard InChI is InChI=1S/C16H26N2O2/c1-13-7-6-8-14(11-13)12-17-9-10-18(5)15(19)20-16(2,3)4/h6-8,11,17H,9-10,12H2,1-5H3. The number of carbonyl (C=O) groups is 1. The molecule has 0 aliphatic heterocycles. The lowest BCUT2D eigenvalue weighted by Gasteiger charge is -2.24. The molecule has 0 radical (unpaired) electrons. The van der Waals surface area contributed by atoms with Gasteiger partial charge in [-0.05, 0) is 33.3 Å². The van der Waals surface area contributed by atoms with Crippen LogP contribution >= 0.6 is 0 Å². The van der Waals surface area contributed by atoms with E-state index in [0.717, 1.165) is 13.1 Å². The summed E-state index contributed by atoms with van der Waals surface area (Å²) in [5.74, 6) is 0. The van der Waals surface area contributed by atoms with E-state index in [-0.39, 0.29) is 6.09 Å². The van der Waals surface area contributed by atoms with Gasteiger partial charge in [-0.1, -0.05) is 29.8 Å². The van der Waals surface area contributed by atoms with Gasteiger partial charge in [-0.2, -0.15) is 0 Å². The summed E-state index contributed by atoms with van der Waals surface area (Å²) in [5, 5.41) is 3.33. The Labute approximate surface area is 122 Å². The highest BCUT2D eigenvalue weighted by molar-refractivity contribution is 5.67. The summed E-state index contributed by atoms with van der Waals surface area (Å²) in [5.41, 5.74) is 2.07. The number of hydrogen-bond donors (Lipinski definition) is 1. The van der Waals surface area contributed by atoms with E-state index in [0.29, 0.717) is 6.54 Å². The average Bonchev–Trinajstić information content (AvgIpc) is 2.32. The molecule has 0 aromatic heterocycles. The van der Waals surface area contributed by atoms with E-state index >= 15 is 0 Å². The number of likely N-dealkylation sites (N-methyl/N-ethyl adjacent to an activating group) is 1. The lowest BCUT2D eigenvalue weighted by atomic mass is 10.1. The molecular formula is C16H26N2O2. The molecule has 1 aromatic carbocycles. The monoisotopic (exact) mass is 278 g/mol. The molecule has 1 aromatic rings. The fraction of sp³-hybridized carbons (Fsp3) is 0.562. The van der Waals surface area contributed by atoms with Crippen molar-refractivity contribution < 1.29 is 9.53 Å². The number of rotatable bonds is 5. The van der Waals surface area contributed by atoms with E-state index in [9.17, 15) is 4.79 Å². The van der Waals surface area contributed by atoms with Crippen LogP contribution in [0.3, 0.4) is 0 Å². The maximum absolute atomic E-state index is 11.7. The van der Waals surface area contributed by atoms with E-state index in [4.69, 9.17) is 4.74 Å². The first-order valence-electron chi connectivity index (χ1n) is 6.98. The van der Waals surface area contributed by atoms with Crippen molar-refractivity contribution in [3.8, 4) is 0 Å². The topological polar surface area (TPSA) is 41.6 Å². The first kappa shape index (κ1) is 16.5. The summed E-state index contributed by atoms with van der Waals surface area (Å²) in [6.45, 7) is 9.87. The van der Waals surface area contributed by atoms with Crippen molar-refractivity contribution in [3.05, 3.63) is 35.4 Å². The van der Waals surface area contributed by atoms with E-state index < -0.39 is 5.60 Å². The van der Waals surface area contributed by atoms with E-state index in [2.05, 4.69) is 36.5 Å². The summed E-state index contributed by atoms with van der Waals surface area (Å²) in [6.07, 6.45) is -0.283. The molecule has 0 spiro atoms. The van der Waals surface area contributed by atoms with Crippen LogP contribution in [-0.2, 0) is 11.3 Å². The van der Waals surface area contributed by atoms with Crippen molar-refractivity contribution in [2.24, 2.45) is 0 Å². The predicted octanol–water partition coefficient (Wildman–Crippen LogP) is 2.95. The molecule has 0 saturated carbocycles. The van der Waals surface area contributed by atoms with Crippen molar-refractivity contribution in [1.29, 1.82) is 0 Å². The molecule has 0 aliphatic carbocycles. The van der Waals surface area contributed by atoms with Crippen LogP contribution in [0, 0.1) is 6.92 Å². The first-order valence-corrected chi connectivity index (χ1v) is 6.98. The fourth-order valence-corrected chi connectivity index (χ4v) is 1.73. The van der Waals surface area contributed by atoms with Crippen molar-refractivity contribution in [1.82, 2.24) is 10.2 Å². The minimum absolute atomic E-state index is 0.283. The zero-order valence-corrected chi connectivity index (χ0v) is 13.2. The van der Waals surface area contributed by atoms with E-state index in [1.54, 1.807) is 11.9 Å². The van der Waals surface area contributed by atoms with Crippen LogP contribution in [0.25, 0.3) is 0 Å². The van der Waals surface area contributed by atoms with Crippen LogP contribution < -0.4 is 5.32 Å². The fourth-order valence-electron chi connectivity index (χ4n) is 1.73. The Kier molecular flexibility index (Phi) is 6.02. The van der Waals surface area contributed by atoms with Gasteiger partial charge in [0.2, 0.25) is 0 Å². The van der Waals surface area contributed by atoms with Crippen LogP contribution in [0.2, 0.25) is 0 Å². The molecule has 0 atom stereocenters. The molecule has 0 heterocycles. The largest absolute Gasteiger partial charge is 0.444 e. The van der Waals surface area contributed by atoms with Crippen LogP contribution in [0.5, 0.6) is 0 Å². The molecule has 112 valence electrons. The molecule has 0 unspecified atom stereocenters. The number of ether oxygens (including phenoxy) is 1. The number of aryl methyl sites for hydroxylation is 1. The third kappa shape index (κ3) is 6.57. The zero-order chi connectivity index (χ0) is 15.2. The Hall–Kier alpha value is -1.55. The highest BCUT2D eigenvalue weighted by Crippen LogP contribution is 2.08. The maximum atomic E-state index is 11.7. The smallest absolute Gasteiger partial charge is 0.410 e. The summed E-state index contributed by atoms with van der Waals surface area (Å²) in [4.78, 5) is 13.3. The second-order valence-electron chi connectivity index (χ2n) is 6.07. The van der Waals surface area contributed by atoms with Gasteiger partial charge in [-0.15, -0.1) is 0 Å². The lowest BCUT2D eigenvalue weighted by molar-refractivity contribution is 0.0300. The molecule has 0 bridgehead atoms. The van der Waals surface area contributed by atoms with Gasteiger partial charge in [0, 0.05) is 26.7 Å². The van der Waals surface area contributed by atoms with Crippen molar-refractivity contribution >= 4 is 6.09 Å². The van der Waals surface area contributed by atoms with Crippen molar-refractivity contribution in [3.63, 3.8) is 0 Å². The van der Waals surface area contributed by atoms with Crippen LogP contribution in [0.15, 0.2) is 24.3 Å². The Balaban J connectivity index is 2.25. The minimum atomic E-state index is -0.444. The molecule has 20 heavy (non-hydrogen) atoms. The van der Waals surface area contributed by atoms with E-state index in [1.807, 2.05) is 20.8 Å². The van der Waals surface area contributed by atoms with Gasteiger partial charge in [0.25, 0.3) is 0 Å². The van der Waals surface area contributed by atoms with Gasteiger partial charge in [-0.25, -0.2) is 4.79 Å². The molecule has 4 nitrogen and oxygen atoms in total. The maximum Gasteiger partial charge on any atom is 0.410 e. The third-order valence-corrected chi connectivity index (χ3v) is 2.74. The molecule has 0 aliphatic rings. The van der Waals surface area contributed by atoms with Gasteiger partial charge >= 0.3 is 6.09 Å². The SMILES string of the molecule is Cc1cccc(CNCCN(C)C(=O)OC(C)(C)C)c1. The Morgan fingerprint density at radius 2 is 2.05 bits per heavy atom. The van der Waals surface area contributed by atoms with E-state index in [1.165, 1.54) is 11.1 Å². The normalized spacial score (nSPS) is 11.2. The van der Waals surface area contributed by atoms with Crippen molar-refractivity contribution in [2.45, 2.75) is 39.8 Å². The van der Waals surface area contributed by atoms with Crippen LogP contribution in [0.1, 0.15) is 31.9 Å². The van der Waals surface area contributed by atoms with Crippen LogP contribution in [0.4, 0.5) is 4.79 Å². The van der Waals surface area contributed by atoms with Crippen molar-refractivity contribution in [2.75, 3.05) is 20.1 Å². The minimum Gasteiger partial charge on any atom is -0.444 e. The molecule has 1 N–H and O–H groups in total. The first-order chi connectivity index (χ1) is 9.28. The quantitative estimate of drug-likeness (QED) is 0.842. The highest BCUT2D eigenvalue weighted by Gasteiger charge is 2.18. The molecule has 1 rings (SSSR count). The van der Waals surface area contributed by atoms with Gasteiger partial charge in [0.05, 0.1) is 0 Å². The zero-order valence-electron chi connectivity index (χ0n) is 13.2. The highest BCUT2D eigenvalue weighted by atomic mass is 16.6. The number of carbonyl (C=O) groups excluding carboxylic acids is 1. The Morgan fingerprint density at radius 3 is 2.65 bits per heavy atom.